The van der Waals surface area contributed by atoms with Crippen LogP contribution >= 0.6 is 0 Å². The van der Waals surface area contributed by atoms with Crippen LogP contribution in [0.25, 0.3) is 6.08 Å². The maximum absolute atomic E-state index is 13.5. The predicted octanol–water partition coefficient (Wildman–Crippen LogP) is 2.54. The number of aliphatic imine (C=N–C) groups is 1. The molecule has 1 fully saturated rings. The van der Waals surface area contributed by atoms with Gasteiger partial charge in [-0.3, -0.25) is 0 Å². The van der Waals surface area contributed by atoms with Gasteiger partial charge in [0.2, 0.25) is 5.90 Å². The average Bonchev–Trinajstić information content (AvgIpc) is 3.16. The minimum Gasteiger partial charge on any atom is -0.494 e. The minimum atomic E-state index is -0.477. The fourth-order valence-corrected chi connectivity index (χ4v) is 1.86. The SMILES string of the molecule is COc1ccc(/C=C2/N=C(C3CC3)OC2=O)cc1F. The summed E-state index contributed by atoms with van der Waals surface area (Å²) in [5.41, 5.74) is 0.762. The lowest BCUT2D eigenvalue weighted by atomic mass is 10.2. The molecule has 0 amide bonds. The molecule has 0 spiro atoms. The highest BCUT2D eigenvalue weighted by Gasteiger charge is 2.35. The number of carbonyl (C=O) groups is 1. The Balaban J connectivity index is 1.88. The quantitative estimate of drug-likeness (QED) is 0.620. The summed E-state index contributed by atoms with van der Waals surface area (Å²) in [5, 5.41) is 0. The van der Waals surface area contributed by atoms with Gasteiger partial charge in [-0.15, -0.1) is 0 Å². The summed E-state index contributed by atoms with van der Waals surface area (Å²) in [5.74, 6) is -0.0151. The Hall–Kier alpha value is -2.17. The summed E-state index contributed by atoms with van der Waals surface area (Å²) in [7, 11) is 1.40. The normalized spacial score (nSPS) is 20.4. The van der Waals surface area contributed by atoms with Gasteiger partial charge in [0, 0.05) is 5.92 Å². The molecular weight excluding hydrogens is 249 g/mol. The Morgan fingerprint density at radius 3 is 2.89 bits per heavy atom. The number of ether oxygens (including phenoxy) is 2. The van der Waals surface area contributed by atoms with Crippen molar-refractivity contribution in [1.82, 2.24) is 0 Å². The Labute approximate surface area is 109 Å². The zero-order valence-corrected chi connectivity index (χ0v) is 10.4. The monoisotopic (exact) mass is 261 g/mol. The summed E-state index contributed by atoms with van der Waals surface area (Å²) in [6.07, 6.45) is 3.54. The molecule has 1 aromatic rings. The van der Waals surface area contributed by atoms with Crippen molar-refractivity contribution in [2.24, 2.45) is 10.9 Å². The smallest absolute Gasteiger partial charge is 0.363 e. The molecule has 19 heavy (non-hydrogen) atoms. The topological polar surface area (TPSA) is 47.9 Å². The summed E-state index contributed by atoms with van der Waals surface area (Å²) in [6.45, 7) is 0. The Morgan fingerprint density at radius 1 is 1.47 bits per heavy atom. The number of carbonyl (C=O) groups excluding carboxylic acids is 1. The van der Waals surface area contributed by atoms with Gasteiger partial charge in [0.1, 0.15) is 0 Å². The Morgan fingerprint density at radius 2 is 2.26 bits per heavy atom. The number of nitrogens with zero attached hydrogens (tertiary/aromatic N) is 1. The van der Waals surface area contributed by atoms with Crippen LogP contribution in [-0.4, -0.2) is 19.0 Å². The van der Waals surface area contributed by atoms with Gasteiger partial charge in [0.05, 0.1) is 7.11 Å². The molecule has 1 saturated carbocycles. The summed E-state index contributed by atoms with van der Waals surface area (Å²) < 4.78 is 23.4. The van der Waals surface area contributed by atoms with E-state index < -0.39 is 11.8 Å². The molecule has 5 heteroatoms. The van der Waals surface area contributed by atoms with Crippen LogP contribution in [0.1, 0.15) is 18.4 Å². The summed E-state index contributed by atoms with van der Waals surface area (Å²) in [4.78, 5) is 15.8. The maximum atomic E-state index is 13.5. The highest BCUT2D eigenvalue weighted by Crippen LogP contribution is 2.34. The van der Waals surface area contributed by atoms with E-state index in [9.17, 15) is 9.18 Å². The number of cyclic esters (lactones) is 1. The maximum Gasteiger partial charge on any atom is 0.363 e. The number of esters is 1. The van der Waals surface area contributed by atoms with E-state index in [2.05, 4.69) is 4.99 Å². The molecule has 2 aliphatic rings. The lowest BCUT2D eigenvalue weighted by molar-refractivity contribution is -0.130. The molecule has 1 aromatic carbocycles. The van der Waals surface area contributed by atoms with E-state index in [0.717, 1.165) is 12.8 Å². The summed E-state index contributed by atoms with van der Waals surface area (Å²) >= 11 is 0. The zero-order chi connectivity index (χ0) is 13.4. The third kappa shape index (κ3) is 2.36. The third-order valence-corrected chi connectivity index (χ3v) is 3.04. The van der Waals surface area contributed by atoms with Crippen molar-refractivity contribution >= 4 is 17.9 Å². The van der Waals surface area contributed by atoms with Gasteiger partial charge in [-0.1, -0.05) is 6.07 Å². The first kappa shape index (κ1) is 11.9. The van der Waals surface area contributed by atoms with Gasteiger partial charge in [-0.25, -0.2) is 14.2 Å². The van der Waals surface area contributed by atoms with Crippen molar-refractivity contribution < 1.29 is 18.7 Å². The van der Waals surface area contributed by atoms with E-state index in [0.29, 0.717) is 11.5 Å². The van der Waals surface area contributed by atoms with E-state index in [1.54, 1.807) is 6.07 Å². The molecule has 3 rings (SSSR count). The third-order valence-electron chi connectivity index (χ3n) is 3.04. The standard InChI is InChI=1S/C14H12FNO3/c1-18-12-5-2-8(6-10(12)15)7-11-14(17)19-13(16-11)9-3-4-9/h2,5-7,9H,3-4H2,1H3/b11-7+. The molecule has 1 aliphatic carbocycles. The van der Waals surface area contributed by atoms with E-state index in [4.69, 9.17) is 9.47 Å². The van der Waals surface area contributed by atoms with Gasteiger partial charge in [-0.05, 0) is 36.6 Å². The predicted molar refractivity (Wildman–Crippen MR) is 67.2 cm³/mol. The van der Waals surface area contributed by atoms with Crippen LogP contribution in [-0.2, 0) is 9.53 Å². The van der Waals surface area contributed by atoms with Gasteiger partial charge >= 0.3 is 5.97 Å². The molecule has 0 radical (unpaired) electrons. The number of hydrogen-bond acceptors (Lipinski definition) is 4. The second-order valence-corrected chi connectivity index (χ2v) is 4.54. The van der Waals surface area contributed by atoms with Crippen molar-refractivity contribution in [3.63, 3.8) is 0 Å². The van der Waals surface area contributed by atoms with Crippen LogP contribution in [0.4, 0.5) is 4.39 Å². The van der Waals surface area contributed by atoms with E-state index >= 15 is 0 Å². The molecule has 0 N–H and O–H groups in total. The summed E-state index contributed by atoms with van der Waals surface area (Å²) in [6, 6.07) is 4.46. The van der Waals surface area contributed by atoms with Crippen LogP contribution in [0.2, 0.25) is 0 Å². The van der Waals surface area contributed by atoms with Crippen molar-refractivity contribution in [3.05, 3.63) is 35.3 Å². The molecule has 1 heterocycles. The van der Waals surface area contributed by atoms with E-state index in [-0.39, 0.29) is 17.4 Å². The highest BCUT2D eigenvalue weighted by molar-refractivity contribution is 6.08. The average molecular weight is 261 g/mol. The van der Waals surface area contributed by atoms with Crippen molar-refractivity contribution in [3.8, 4) is 5.75 Å². The van der Waals surface area contributed by atoms with Gasteiger partial charge in [-0.2, -0.15) is 0 Å². The van der Waals surface area contributed by atoms with Gasteiger partial charge < -0.3 is 9.47 Å². The molecular formula is C14H12FNO3. The zero-order valence-electron chi connectivity index (χ0n) is 10.4. The van der Waals surface area contributed by atoms with Crippen LogP contribution in [0.5, 0.6) is 5.75 Å². The molecule has 1 aliphatic heterocycles. The van der Waals surface area contributed by atoms with Gasteiger partial charge in [0.15, 0.2) is 17.3 Å². The van der Waals surface area contributed by atoms with Crippen molar-refractivity contribution in [2.45, 2.75) is 12.8 Å². The first-order valence-electron chi connectivity index (χ1n) is 6.03. The van der Waals surface area contributed by atoms with Crippen LogP contribution in [0, 0.1) is 11.7 Å². The Bertz CT molecular complexity index is 603. The molecule has 0 saturated heterocycles. The first-order valence-corrected chi connectivity index (χ1v) is 6.03. The lowest BCUT2D eigenvalue weighted by Crippen LogP contribution is -2.05. The molecule has 98 valence electrons. The number of hydrogen-bond donors (Lipinski definition) is 0. The second-order valence-electron chi connectivity index (χ2n) is 4.54. The fraction of sp³-hybridized carbons (Fsp3) is 0.286. The van der Waals surface area contributed by atoms with Crippen molar-refractivity contribution in [2.75, 3.05) is 7.11 Å². The van der Waals surface area contributed by atoms with E-state index in [1.807, 2.05) is 0 Å². The molecule has 0 aromatic heterocycles. The van der Waals surface area contributed by atoms with Crippen LogP contribution in [0.15, 0.2) is 28.9 Å². The molecule has 0 bridgehead atoms. The van der Waals surface area contributed by atoms with Crippen molar-refractivity contribution in [1.29, 1.82) is 0 Å². The van der Waals surface area contributed by atoms with Crippen LogP contribution < -0.4 is 4.74 Å². The van der Waals surface area contributed by atoms with Crippen LogP contribution in [0.3, 0.4) is 0 Å². The van der Waals surface area contributed by atoms with Gasteiger partial charge in [0.25, 0.3) is 0 Å². The fourth-order valence-electron chi connectivity index (χ4n) is 1.86. The van der Waals surface area contributed by atoms with E-state index in [1.165, 1.54) is 25.3 Å². The molecule has 0 atom stereocenters. The number of benzene rings is 1. The Kier molecular flexibility index (Phi) is 2.81. The number of rotatable bonds is 3. The molecule has 0 unspecified atom stereocenters. The highest BCUT2D eigenvalue weighted by atomic mass is 19.1. The number of methoxy groups -OCH3 is 1. The first-order chi connectivity index (χ1) is 9.17. The largest absolute Gasteiger partial charge is 0.494 e. The minimum absolute atomic E-state index is 0.165. The lowest BCUT2D eigenvalue weighted by Gasteiger charge is -2.01. The molecule has 4 nitrogen and oxygen atoms in total. The number of halogens is 1. The second kappa shape index (κ2) is 4.50.